The number of hydrogen-bond donors (Lipinski definition) is 1. The lowest BCUT2D eigenvalue weighted by Gasteiger charge is -2.18. The minimum absolute atomic E-state index is 0.197. The zero-order chi connectivity index (χ0) is 12.8. The highest BCUT2D eigenvalue weighted by Gasteiger charge is 2.12. The first-order valence-electron chi connectivity index (χ1n) is 6.14. The summed E-state index contributed by atoms with van der Waals surface area (Å²) in [7, 11) is 1.95. The van der Waals surface area contributed by atoms with Gasteiger partial charge in [0.1, 0.15) is 5.82 Å². The van der Waals surface area contributed by atoms with Gasteiger partial charge in [-0.3, -0.25) is 0 Å². The van der Waals surface area contributed by atoms with Gasteiger partial charge in [0.2, 0.25) is 0 Å². The molecule has 96 valence electrons. The van der Waals surface area contributed by atoms with Gasteiger partial charge >= 0.3 is 0 Å². The van der Waals surface area contributed by atoms with Crippen LogP contribution < -0.4 is 5.32 Å². The minimum Gasteiger partial charge on any atom is -0.317 e. The van der Waals surface area contributed by atoms with E-state index in [-0.39, 0.29) is 5.82 Å². The first-order chi connectivity index (χ1) is 8.04. The molecular formula is C14H21ClFN. The highest BCUT2D eigenvalue weighted by Crippen LogP contribution is 2.21. The Morgan fingerprint density at radius 3 is 2.59 bits per heavy atom. The monoisotopic (exact) mass is 257 g/mol. The Morgan fingerprint density at radius 2 is 2.06 bits per heavy atom. The summed E-state index contributed by atoms with van der Waals surface area (Å²) in [5.74, 6) is 0.445. The Bertz CT molecular complexity index is 332. The van der Waals surface area contributed by atoms with E-state index in [2.05, 4.69) is 19.2 Å². The van der Waals surface area contributed by atoms with Gasteiger partial charge < -0.3 is 5.32 Å². The van der Waals surface area contributed by atoms with E-state index >= 15 is 0 Å². The molecule has 0 aliphatic carbocycles. The highest BCUT2D eigenvalue weighted by molar-refractivity contribution is 6.31. The van der Waals surface area contributed by atoms with Gasteiger partial charge in [-0.2, -0.15) is 0 Å². The summed E-state index contributed by atoms with van der Waals surface area (Å²) >= 11 is 6.00. The van der Waals surface area contributed by atoms with Crippen molar-refractivity contribution in [2.24, 2.45) is 5.92 Å². The van der Waals surface area contributed by atoms with Crippen LogP contribution in [0.15, 0.2) is 18.2 Å². The molecule has 0 radical (unpaired) electrons. The number of benzene rings is 1. The van der Waals surface area contributed by atoms with Crippen LogP contribution in [-0.4, -0.2) is 13.1 Å². The van der Waals surface area contributed by atoms with Crippen LogP contribution in [0.2, 0.25) is 5.02 Å². The molecule has 1 atom stereocenters. The van der Waals surface area contributed by atoms with Crippen molar-refractivity contribution in [3.63, 3.8) is 0 Å². The second-order valence-electron chi connectivity index (χ2n) is 4.85. The topological polar surface area (TPSA) is 12.0 Å². The summed E-state index contributed by atoms with van der Waals surface area (Å²) in [5.41, 5.74) is 0.637. The highest BCUT2D eigenvalue weighted by atomic mass is 35.5. The van der Waals surface area contributed by atoms with Crippen LogP contribution in [0, 0.1) is 11.7 Å². The first-order valence-corrected chi connectivity index (χ1v) is 6.52. The summed E-state index contributed by atoms with van der Waals surface area (Å²) in [6, 6.07) is 5.28. The fourth-order valence-electron chi connectivity index (χ4n) is 2.04. The Hall–Kier alpha value is -0.600. The lowest BCUT2D eigenvalue weighted by Crippen LogP contribution is -2.27. The molecule has 0 amide bonds. The van der Waals surface area contributed by atoms with Gasteiger partial charge in [-0.1, -0.05) is 31.5 Å². The minimum atomic E-state index is -0.197. The van der Waals surface area contributed by atoms with Crippen molar-refractivity contribution in [1.29, 1.82) is 0 Å². The zero-order valence-electron chi connectivity index (χ0n) is 10.8. The van der Waals surface area contributed by atoms with Crippen molar-refractivity contribution in [1.82, 2.24) is 5.32 Å². The van der Waals surface area contributed by atoms with Crippen molar-refractivity contribution in [3.05, 3.63) is 34.6 Å². The summed E-state index contributed by atoms with van der Waals surface area (Å²) < 4.78 is 13.6. The second-order valence-corrected chi connectivity index (χ2v) is 5.26. The summed E-state index contributed by atoms with van der Waals surface area (Å²) in [4.78, 5) is 0. The van der Waals surface area contributed by atoms with Crippen LogP contribution in [0.25, 0.3) is 0 Å². The average Bonchev–Trinajstić information content (AvgIpc) is 2.26. The summed E-state index contributed by atoms with van der Waals surface area (Å²) in [6.07, 6.45) is 2.70. The van der Waals surface area contributed by atoms with Crippen molar-refractivity contribution < 1.29 is 4.39 Å². The van der Waals surface area contributed by atoms with E-state index < -0.39 is 0 Å². The number of nitrogens with one attached hydrogen (secondary N) is 1. The van der Waals surface area contributed by atoms with Crippen molar-refractivity contribution in [2.45, 2.75) is 39.2 Å². The number of hydrogen-bond acceptors (Lipinski definition) is 1. The first kappa shape index (κ1) is 14.5. The molecule has 0 aliphatic rings. The van der Waals surface area contributed by atoms with Crippen molar-refractivity contribution >= 4 is 11.6 Å². The van der Waals surface area contributed by atoms with E-state index in [4.69, 9.17) is 11.6 Å². The predicted molar refractivity (Wildman–Crippen MR) is 72.0 cm³/mol. The molecule has 1 unspecified atom stereocenters. The maximum Gasteiger partial charge on any atom is 0.127 e. The van der Waals surface area contributed by atoms with E-state index in [1.807, 2.05) is 7.05 Å². The molecule has 1 nitrogen and oxygen atoms in total. The van der Waals surface area contributed by atoms with Crippen LogP contribution >= 0.6 is 11.6 Å². The fourth-order valence-corrected chi connectivity index (χ4v) is 2.30. The van der Waals surface area contributed by atoms with Crippen molar-refractivity contribution in [2.75, 3.05) is 7.05 Å². The van der Waals surface area contributed by atoms with Crippen molar-refractivity contribution in [3.8, 4) is 0 Å². The molecular weight excluding hydrogens is 237 g/mol. The van der Waals surface area contributed by atoms with Gasteiger partial charge in [-0.05, 0) is 44.4 Å². The van der Waals surface area contributed by atoms with Gasteiger partial charge in [0.25, 0.3) is 0 Å². The third-order valence-corrected chi connectivity index (χ3v) is 3.32. The molecule has 0 spiro atoms. The Morgan fingerprint density at radius 1 is 1.35 bits per heavy atom. The molecule has 0 saturated carbocycles. The van der Waals surface area contributed by atoms with Crippen LogP contribution in [0.1, 0.15) is 32.3 Å². The molecule has 1 N–H and O–H groups in total. The molecule has 0 bridgehead atoms. The van der Waals surface area contributed by atoms with E-state index in [0.29, 0.717) is 29.0 Å². The normalized spacial score (nSPS) is 13.1. The van der Waals surface area contributed by atoms with Gasteiger partial charge in [0.05, 0.1) is 0 Å². The van der Waals surface area contributed by atoms with Crippen LogP contribution in [0.5, 0.6) is 0 Å². The Kier molecular flexibility index (Phi) is 5.93. The van der Waals surface area contributed by atoms with Crippen LogP contribution in [0.3, 0.4) is 0 Å². The van der Waals surface area contributed by atoms with E-state index in [1.165, 1.54) is 6.07 Å². The van der Waals surface area contributed by atoms with Crippen LogP contribution in [0.4, 0.5) is 4.39 Å². The molecule has 1 rings (SSSR count). The lowest BCUT2D eigenvalue weighted by atomic mass is 9.97. The quantitative estimate of drug-likeness (QED) is 0.811. The maximum atomic E-state index is 13.6. The molecule has 1 aromatic rings. The largest absolute Gasteiger partial charge is 0.317 e. The standard InChI is InChI=1S/C14H21ClFN/c1-10(2)9-11(17-3)7-8-12-13(15)5-4-6-14(12)16/h4-6,10-11,17H,7-9H2,1-3H3. The summed E-state index contributed by atoms with van der Waals surface area (Å²) in [6.45, 7) is 4.39. The van der Waals surface area contributed by atoms with Gasteiger partial charge in [-0.25, -0.2) is 4.39 Å². The van der Waals surface area contributed by atoms with E-state index in [0.717, 1.165) is 12.8 Å². The Labute approximate surface area is 108 Å². The molecule has 0 fully saturated rings. The molecule has 17 heavy (non-hydrogen) atoms. The average molecular weight is 258 g/mol. The fraction of sp³-hybridized carbons (Fsp3) is 0.571. The molecule has 0 saturated heterocycles. The third kappa shape index (κ3) is 4.64. The van der Waals surface area contributed by atoms with E-state index in [1.54, 1.807) is 12.1 Å². The Balaban J connectivity index is 2.59. The lowest BCUT2D eigenvalue weighted by molar-refractivity contribution is 0.419. The van der Waals surface area contributed by atoms with Gasteiger partial charge in [0, 0.05) is 16.6 Å². The zero-order valence-corrected chi connectivity index (χ0v) is 11.5. The third-order valence-electron chi connectivity index (χ3n) is 2.97. The molecule has 3 heteroatoms. The van der Waals surface area contributed by atoms with Gasteiger partial charge in [-0.15, -0.1) is 0 Å². The smallest absolute Gasteiger partial charge is 0.127 e. The van der Waals surface area contributed by atoms with Crippen LogP contribution in [-0.2, 0) is 6.42 Å². The second kappa shape index (κ2) is 6.97. The number of rotatable bonds is 6. The van der Waals surface area contributed by atoms with Gasteiger partial charge in [0.15, 0.2) is 0 Å². The SMILES string of the molecule is CNC(CCc1c(F)cccc1Cl)CC(C)C. The molecule has 0 aliphatic heterocycles. The number of halogens is 2. The van der Waals surface area contributed by atoms with E-state index in [9.17, 15) is 4.39 Å². The summed E-state index contributed by atoms with van der Waals surface area (Å²) in [5, 5.41) is 3.81. The molecule has 1 aromatic carbocycles. The molecule has 0 aromatic heterocycles. The predicted octanol–water partition coefficient (Wildman–Crippen LogP) is 4.05. The maximum absolute atomic E-state index is 13.6. The molecule has 0 heterocycles.